The average molecular weight is 390 g/mol. The van der Waals surface area contributed by atoms with Crippen molar-refractivity contribution in [1.82, 2.24) is 5.43 Å². The number of carbonyl (C=O) groups excluding carboxylic acids is 1. The normalized spacial score (nSPS) is 12.0. The maximum Gasteiger partial charge on any atom is 0.262 e. The van der Waals surface area contributed by atoms with Crippen LogP contribution in [-0.2, 0) is 4.79 Å². The van der Waals surface area contributed by atoms with E-state index >= 15 is 0 Å². The largest absolute Gasteiger partial charge is 0.496 e. The highest BCUT2D eigenvalue weighted by atomic mass is 79.9. The van der Waals surface area contributed by atoms with Gasteiger partial charge in [0, 0.05) is 15.7 Å². The molecule has 0 aliphatic carbocycles. The van der Waals surface area contributed by atoms with Crippen LogP contribution in [0.1, 0.15) is 18.9 Å². The number of anilines is 1. The Morgan fingerprint density at radius 3 is 2.71 bits per heavy atom. The summed E-state index contributed by atoms with van der Waals surface area (Å²) < 4.78 is 6.18. The van der Waals surface area contributed by atoms with Crippen molar-refractivity contribution >= 4 is 33.7 Å². The van der Waals surface area contributed by atoms with Gasteiger partial charge in [0.05, 0.1) is 13.3 Å². The van der Waals surface area contributed by atoms with Crippen molar-refractivity contribution < 1.29 is 9.53 Å². The van der Waals surface area contributed by atoms with Crippen molar-refractivity contribution in [3.8, 4) is 5.75 Å². The molecule has 0 radical (unpaired) electrons. The first-order chi connectivity index (χ1) is 11.6. The van der Waals surface area contributed by atoms with Crippen LogP contribution in [0.4, 0.5) is 5.69 Å². The molecule has 0 spiro atoms. The highest BCUT2D eigenvalue weighted by Crippen LogP contribution is 2.21. The third-order valence-corrected chi connectivity index (χ3v) is 3.90. The van der Waals surface area contributed by atoms with Crippen LogP contribution < -0.4 is 15.5 Å². The SMILES string of the molecule is CCC(Nc1ccccc1)C(=O)N/N=C/c1cc(Br)ccc1OC. The Kier molecular flexibility index (Phi) is 6.81. The van der Waals surface area contributed by atoms with E-state index in [1.165, 1.54) is 0 Å². The average Bonchev–Trinajstić information content (AvgIpc) is 2.60. The summed E-state index contributed by atoms with van der Waals surface area (Å²) >= 11 is 3.40. The van der Waals surface area contributed by atoms with Crippen molar-refractivity contribution in [1.29, 1.82) is 0 Å². The molecule has 0 fully saturated rings. The summed E-state index contributed by atoms with van der Waals surface area (Å²) in [5, 5.41) is 7.23. The summed E-state index contributed by atoms with van der Waals surface area (Å²) in [5.74, 6) is 0.497. The molecule has 2 rings (SSSR count). The Labute approximate surface area is 150 Å². The van der Waals surface area contributed by atoms with E-state index in [0.717, 1.165) is 15.7 Å². The highest BCUT2D eigenvalue weighted by Gasteiger charge is 2.15. The van der Waals surface area contributed by atoms with Gasteiger partial charge in [0.15, 0.2) is 0 Å². The van der Waals surface area contributed by atoms with E-state index in [-0.39, 0.29) is 11.9 Å². The second-order valence-electron chi connectivity index (χ2n) is 5.09. The zero-order valence-corrected chi connectivity index (χ0v) is 15.2. The number of halogens is 1. The quantitative estimate of drug-likeness (QED) is 0.559. The molecule has 0 aliphatic heterocycles. The highest BCUT2D eigenvalue weighted by molar-refractivity contribution is 9.10. The lowest BCUT2D eigenvalue weighted by molar-refractivity contribution is -0.121. The minimum absolute atomic E-state index is 0.188. The molecule has 6 heteroatoms. The van der Waals surface area contributed by atoms with Gasteiger partial charge < -0.3 is 10.1 Å². The molecular weight excluding hydrogens is 370 g/mol. The van der Waals surface area contributed by atoms with Crippen LogP contribution >= 0.6 is 15.9 Å². The summed E-state index contributed by atoms with van der Waals surface area (Å²) in [6, 6.07) is 14.8. The first-order valence-corrected chi connectivity index (χ1v) is 8.41. The van der Waals surface area contributed by atoms with Crippen molar-refractivity contribution in [2.45, 2.75) is 19.4 Å². The van der Waals surface area contributed by atoms with Crippen molar-refractivity contribution in [2.24, 2.45) is 5.10 Å². The Morgan fingerprint density at radius 2 is 2.04 bits per heavy atom. The summed E-state index contributed by atoms with van der Waals surface area (Å²) in [5.41, 5.74) is 4.24. The monoisotopic (exact) mass is 389 g/mol. The van der Waals surface area contributed by atoms with Crippen molar-refractivity contribution in [3.63, 3.8) is 0 Å². The predicted octanol–water partition coefficient (Wildman–Crippen LogP) is 3.80. The molecule has 1 atom stereocenters. The second-order valence-corrected chi connectivity index (χ2v) is 6.01. The molecular formula is C18H20BrN3O2. The Bertz CT molecular complexity index is 705. The fourth-order valence-corrected chi connectivity index (χ4v) is 2.52. The summed E-state index contributed by atoms with van der Waals surface area (Å²) in [4.78, 5) is 12.3. The van der Waals surface area contributed by atoms with Crippen LogP contribution in [0.25, 0.3) is 0 Å². The van der Waals surface area contributed by atoms with E-state index in [9.17, 15) is 4.79 Å². The molecule has 0 heterocycles. The molecule has 2 N–H and O–H groups in total. The number of carbonyl (C=O) groups is 1. The summed E-state index contributed by atoms with van der Waals surface area (Å²) in [6.45, 7) is 1.95. The van der Waals surface area contributed by atoms with Gasteiger partial charge in [0.2, 0.25) is 0 Å². The number of rotatable bonds is 7. The number of amides is 1. The van der Waals surface area contributed by atoms with Crippen molar-refractivity contribution in [3.05, 3.63) is 58.6 Å². The van der Waals surface area contributed by atoms with E-state index in [1.807, 2.05) is 55.5 Å². The number of ether oxygens (including phenoxy) is 1. The van der Waals surface area contributed by atoms with E-state index in [2.05, 4.69) is 31.8 Å². The van der Waals surface area contributed by atoms with Crippen LogP contribution in [0.3, 0.4) is 0 Å². The first-order valence-electron chi connectivity index (χ1n) is 7.62. The van der Waals surface area contributed by atoms with Crippen LogP contribution in [0.15, 0.2) is 58.1 Å². The molecule has 2 aromatic rings. The topological polar surface area (TPSA) is 62.7 Å². The minimum atomic E-state index is -0.353. The number of methoxy groups -OCH3 is 1. The second kappa shape index (κ2) is 9.08. The molecule has 24 heavy (non-hydrogen) atoms. The summed E-state index contributed by atoms with van der Waals surface area (Å²) in [6.07, 6.45) is 2.22. The van der Waals surface area contributed by atoms with Crippen LogP contribution in [0, 0.1) is 0 Å². The molecule has 0 bridgehead atoms. The molecule has 1 amide bonds. The fourth-order valence-electron chi connectivity index (χ4n) is 2.14. The molecule has 2 aromatic carbocycles. The van der Waals surface area contributed by atoms with Gasteiger partial charge in [-0.25, -0.2) is 5.43 Å². The number of benzene rings is 2. The molecule has 1 unspecified atom stereocenters. The molecule has 0 aliphatic rings. The van der Waals surface area contributed by atoms with Gasteiger partial charge in [-0.15, -0.1) is 0 Å². The van der Waals surface area contributed by atoms with Gasteiger partial charge in [0.1, 0.15) is 11.8 Å². The van der Waals surface area contributed by atoms with Crippen LogP contribution in [0.2, 0.25) is 0 Å². The van der Waals surface area contributed by atoms with Gasteiger partial charge in [-0.1, -0.05) is 41.1 Å². The third-order valence-electron chi connectivity index (χ3n) is 3.41. The smallest absolute Gasteiger partial charge is 0.262 e. The van der Waals surface area contributed by atoms with Gasteiger partial charge in [-0.05, 0) is 36.8 Å². The number of hydrogen-bond acceptors (Lipinski definition) is 4. The number of hydrazone groups is 1. The van der Waals surface area contributed by atoms with E-state index < -0.39 is 0 Å². The maximum atomic E-state index is 12.3. The van der Waals surface area contributed by atoms with Gasteiger partial charge >= 0.3 is 0 Å². The molecule has 0 aromatic heterocycles. The van der Waals surface area contributed by atoms with E-state index in [0.29, 0.717) is 12.2 Å². The predicted molar refractivity (Wildman–Crippen MR) is 101 cm³/mol. The Balaban J connectivity index is 1.99. The molecule has 5 nitrogen and oxygen atoms in total. The standard InChI is InChI=1S/C18H20BrN3O2/c1-3-16(21-15-7-5-4-6-8-15)18(23)22-20-12-13-11-14(19)9-10-17(13)24-2/h4-12,16,21H,3H2,1-2H3,(H,22,23)/b20-12+. The zero-order valence-electron chi connectivity index (χ0n) is 13.6. The zero-order chi connectivity index (χ0) is 17.4. The van der Waals surface area contributed by atoms with Crippen molar-refractivity contribution in [2.75, 3.05) is 12.4 Å². The Morgan fingerprint density at radius 1 is 1.29 bits per heavy atom. The van der Waals surface area contributed by atoms with E-state index in [4.69, 9.17) is 4.74 Å². The van der Waals surface area contributed by atoms with E-state index in [1.54, 1.807) is 13.3 Å². The minimum Gasteiger partial charge on any atom is -0.496 e. The molecule has 0 saturated heterocycles. The fraction of sp³-hybridized carbons (Fsp3) is 0.222. The molecule has 0 saturated carbocycles. The van der Waals surface area contributed by atoms with Gasteiger partial charge in [-0.2, -0.15) is 5.10 Å². The lowest BCUT2D eigenvalue weighted by Crippen LogP contribution is -2.36. The summed E-state index contributed by atoms with van der Waals surface area (Å²) in [7, 11) is 1.59. The number of nitrogens with zero attached hydrogens (tertiary/aromatic N) is 1. The number of para-hydroxylation sites is 1. The van der Waals surface area contributed by atoms with Crippen LogP contribution in [-0.4, -0.2) is 25.3 Å². The maximum absolute atomic E-state index is 12.3. The lowest BCUT2D eigenvalue weighted by Gasteiger charge is -2.16. The third kappa shape index (κ3) is 5.09. The van der Waals surface area contributed by atoms with Crippen LogP contribution in [0.5, 0.6) is 5.75 Å². The molecule has 126 valence electrons. The first kappa shape index (κ1) is 18.0. The van der Waals surface area contributed by atoms with Gasteiger partial charge in [-0.3, -0.25) is 4.79 Å². The number of nitrogens with one attached hydrogen (secondary N) is 2. The Hall–Kier alpha value is -2.34. The number of hydrogen-bond donors (Lipinski definition) is 2. The van der Waals surface area contributed by atoms with Gasteiger partial charge in [0.25, 0.3) is 5.91 Å². The lowest BCUT2D eigenvalue weighted by atomic mass is 10.2.